The summed E-state index contributed by atoms with van der Waals surface area (Å²) in [4.78, 5) is 11.1. The van der Waals surface area contributed by atoms with Gasteiger partial charge in [-0.2, -0.15) is 0 Å². The first-order valence-corrected chi connectivity index (χ1v) is 7.95. The predicted octanol–water partition coefficient (Wildman–Crippen LogP) is 3.38. The van der Waals surface area contributed by atoms with Crippen LogP contribution in [0.15, 0.2) is 49.5 Å². The van der Waals surface area contributed by atoms with Crippen molar-refractivity contribution < 1.29 is 9.34 Å². The number of rotatable bonds is 4. The maximum Gasteiger partial charge on any atom is 0.284 e. The molecule has 0 unspecified atom stereocenters. The number of furan rings is 1. The molecule has 0 aliphatic rings. The van der Waals surface area contributed by atoms with Gasteiger partial charge in [0, 0.05) is 10.5 Å². The van der Waals surface area contributed by atoms with E-state index in [1.165, 1.54) is 17.0 Å². The molecule has 1 aromatic carbocycles. The van der Waals surface area contributed by atoms with Crippen LogP contribution < -0.4 is 5.84 Å². The average molecular weight is 396 g/mol. The topological polar surface area (TPSA) is 113 Å². The first-order chi connectivity index (χ1) is 11.0. The number of nitrogens with zero attached hydrogens (tertiary/aromatic N) is 4. The third kappa shape index (κ3) is 2.94. The molecule has 3 aromatic rings. The molecule has 0 aliphatic heterocycles. The number of nitrogens with two attached hydrogens (primary N) is 1. The first kappa shape index (κ1) is 15.6. The third-order valence-corrected chi connectivity index (χ3v) is 4.60. The summed E-state index contributed by atoms with van der Waals surface area (Å²) in [6, 6.07) is 6.51. The van der Waals surface area contributed by atoms with E-state index in [1.54, 1.807) is 25.1 Å². The van der Waals surface area contributed by atoms with Crippen LogP contribution in [0.2, 0.25) is 0 Å². The van der Waals surface area contributed by atoms with Gasteiger partial charge in [-0.25, -0.2) is 4.68 Å². The van der Waals surface area contributed by atoms with E-state index in [9.17, 15) is 10.1 Å². The third-order valence-electron chi connectivity index (χ3n) is 3.08. The van der Waals surface area contributed by atoms with E-state index in [1.807, 2.05) is 0 Å². The molecule has 2 heterocycles. The van der Waals surface area contributed by atoms with E-state index in [0.717, 1.165) is 17.3 Å². The molecule has 8 nitrogen and oxygen atoms in total. The second-order valence-electron chi connectivity index (χ2n) is 4.54. The maximum atomic E-state index is 11.2. The van der Waals surface area contributed by atoms with Crippen molar-refractivity contribution in [2.24, 2.45) is 0 Å². The highest BCUT2D eigenvalue weighted by Gasteiger charge is 2.20. The second kappa shape index (κ2) is 6.05. The fourth-order valence-corrected chi connectivity index (χ4v) is 3.15. The van der Waals surface area contributed by atoms with Gasteiger partial charge in [-0.1, -0.05) is 15.9 Å². The number of hydrogen-bond donors (Lipinski definition) is 1. The van der Waals surface area contributed by atoms with Crippen LogP contribution in [0.4, 0.5) is 5.69 Å². The van der Waals surface area contributed by atoms with Crippen molar-refractivity contribution in [1.82, 2.24) is 14.9 Å². The Bertz CT molecular complexity index is 892. The molecular weight excluding hydrogens is 386 g/mol. The smallest absolute Gasteiger partial charge is 0.284 e. The Kier molecular flexibility index (Phi) is 4.09. The Morgan fingerprint density at radius 3 is 2.83 bits per heavy atom. The van der Waals surface area contributed by atoms with Gasteiger partial charge in [0.1, 0.15) is 5.76 Å². The normalized spacial score (nSPS) is 10.9. The van der Waals surface area contributed by atoms with E-state index >= 15 is 0 Å². The molecule has 0 spiro atoms. The number of nitro benzene ring substituents is 1. The quantitative estimate of drug-likeness (QED) is 0.409. The Morgan fingerprint density at radius 1 is 1.39 bits per heavy atom. The summed E-state index contributed by atoms with van der Waals surface area (Å²) in [6.07, 6.45) is 1.53. The molecule has 10 heteroatoms. The van der Waals surface area contributed by atoms with E-state index < -0.39 is 4.92 Å². The van der Waals surface area contributed by atoms with Gasteiger partial charge in [0.25, 0.3) is 5.69 Å². The molecule has 0 fully saturated rings. The van der Waals surface area contributed by atoms with Crippen LogP contribution in [0.1, 0.15) is 5.76 Å². The van der Waals surface area contributed by atoms with Crippen LogP contribution in [0.3, 0.4) is 0 Å². The van der Waals surface area contributed by atoms with Gasteiger partial charge in [0.15, 0.2) is 5.82 Å². The van der Waals surface area contributed by atoms with Crippen molar-refractivity contribution >= 4 is 33.4 Å². The van der Waals surface area contributed by atoms with E-state index in [4.69, 9.17) is 10.3 Å². The van der Waals surface area contributed by atoms with Crippen LogP contribution in [0.25, 0.3) is 11.4 Å². The van der Waals surface area contributed by atoms with Crippen molar-refractivity contribution in [2.45, 2.75) is 17.0 Å². The molecule has 2 aromatic heterocycles. The van der Waals surface area contributed by atoms with Gasteiger partial charge in [-0.05, 0) is 36.9 Å². The molecule has 0 bridgehead atoms. The van der Waals surface area contributed by atoms with E-state index in [2.05, 4.69) is 26.1 Å². The summed E-state index contributed by atoms with van der Waals surface area (Å²) in [5.74, 6) is 7.11. The van der Waals surface area contributed by atoms with Crippen molar-refractivity contribution in [3.05, 3.63) is 50.9 Å². The van der Waals surface area contributed by atoms with Gasteiger partial charge >= 0.3 is 0 Å². The minimum absolute atomic E-state index is 0.0339. The number of benzene rings is 1. The lowest BCUT2D eigenvalue weighted by Gasteiger charge is -2.04. The lowest BCUT2D eigenvalue weighted by Crippen LogP contribution is -2.11. The average Bonchev–Trinajstić information content (AvgIpc) is 3.07. The van der Waals surface area contributed by atoms with Crippen molar-refractivity contribution in [3.63, 3.8) is 0 Å². The fraction of sp³-hybridized carbons (Fsp3) is 0.0769. The molecule has 0 radical (unpaired) electrons. The summed E-state index contributed by atoms with van der Waals surface area (Å²) >= 11 is 4.29. The van der Waals surface area contributed by atoms with Crippen molar-refractivity contribution in [2.75, 3.05) is 5.84 Å². The van der Waals surface area contributed by atoms with Gasteiger partial charge in [-0.15, -0.1) is 10.2 Å². The lowest BCUT2D eigenvalue weighted by molar-refractivity contribution is -0.387. The monoisotopic (exact) mass is 395 g/mol. The van der Waals surface area contributed by atoms with Gasteiger partial charge in [-0.3, -0.25) is 10.1 Å². The van der Waals surface area contributed by atoms with Crippen LogP contribution in [0.5, 0.6) is 0 Å². The van der Waals surface area contributed by atoms with Gasteiger partial charge in [0.05, 0.1) is 21.6 Å². The summed E-state index contributed by atoms with van der Waals surface area (Å²) < 4.78 is 7.14. The van der Waals surface area contributed by atoms with Gasteiger partial charge in [0.2, 0.25) is 5.16 Å². The van der Waals surface area contributed by atoms with Gasteiger partial charge < -0.3 is 10.3 Å². The molecule has 0 aliphatic carbocycles. The predicted molar refractivity (Wildman–Crippen MR) is 87.5 cm³/mol. The van der Waals surface area contributed by atoms with Crippen molar-refractivity contribution in [1.29, 1.82) is 0 Å². The Morgan fingerprint density at radius 2 is 2.17 bits per heavy atom. The molecular formula is C13H10BrN5O3S. The Labute approximate surface area is 142 Å². The van der Waals surface area contributed by atoms with Crippen LogP contribution in [-0.2, 0) is 0 Å². The lowest BCUT2D eigenvalue weighted by atomic mass is 10.2. The van der Waals surface area contributed by atoms with Crippen LogP contribution in [-0.4, -0.2) is 19.8 Å². The Hall–Kier alpha value is -2.33. The van der Waals surface area contributed by atoms with Crippen LogP contribution in [0, 0.1) is 17.0 Å². The molecule has 0 saturated heterocycles. The molecule has 0 saturated carbocycles. The number of nitrogen functional groups attached to an aromatic ring is 1. The highest BCUT2D eigenvalue weighted by atomic mass is 79.9. The largest absolute Gasteiger partial charge is 0.469 e. The molecule has 0 atom stereocenters. The standard InChI is InChI=1S/C13H10BrN5O3S/c1-7-9(4-5-22-7)12-16-17-13(18(12)15)23-11-3-2-8(14)6-10(11)19(20)21/h2-6H,15H2,1H3. The maximum absolute atomic E-state index is 11.2. The second-order valence-corrected chi connectivity index (χ2v) is 6.46. The zero-order valence-corrected chi connectivity index (χ0v) is 14.2. The zero-order valence-electron chi connectivity index (χ0n) is 11.8. The summed E-state index contributed by atoms with van der Waals surface area (Å²) in [5, 5.41) is 19.6. The number of nitro groups is 1. The number of hydrogen-bond acceptors (Lipinski definition) is 7. The number of aromatic nitrogens is 3. The minimum atomic E-state index is -0.453. The summed E-state index contributed by atoms with van der Waals surface area (Å²) in [5.41, 5.74) is 0.686. The summed E-state index contributed by atoms with van der Waals surface area (Å²) in [6.45, 7) is 1.79. The van der Waals surface area contributed by atoms with Crippen molar-refractivity contribution in [3.8, 4) is 11.4 Å². The highest BCUT2D eigenvalue weighted by molar-refractivity contribution is 9.10. The summed E-state index contributed by atoms with van der Waals surface area (Å²) in [7, 11) is 0. The molecule has 0 amide bonds. The van der Waals surface area contributed by atoms with E-state index in [0.29, 0.717) is 26.1 Å². The number of aryl methyl sites for hydroxylation is 1. The highest BCUT2D eigenvalue weighted by Crippen LogP contribution is 2.36. The molecule has 118 valence electrons. The van der Waals surface area contributed by atoms with E-state index in [-0.39, 0.29) is 5.69 Å². The zero-order chi connectivity index (χ0) is 16.6. The molecule has 2 N–H and O–H groups in total. The molecule has 23 heavy (non-hydrogen) atoms. The first-order valence-electron chi connectivity index (χ1n) is 6.34. The number of halogens is 1. The molecule has 3 rings (SSSR count). The minimum Gasteiger partial charge on any atom is -0.469 e. The fourth-order valence-electron chi connectivity index (χ4n) is 1.97. The Balaban J connectivity index is 1.98. The SMILES string of the molecule is Cc1occc1-c1nnc(Sc2ccc(Br)cc2[N+](=O)[O-])n1N. The van der Waals surface area contributed by atoms with Crippen LogP contribution >= 0.6 is 27.7 Å².